The Morgan fingerprint density at radius 1 is 1.28 bits per heavy atom. The van der Waals surface area contributed by atoms with Crippen LogP contribution >= 0.6 is 0 Å². The van der Waals surface area contributed by atoms with E-state index >= 15 is 0 Å². The molecule has 0 saturated carbocycles. The lowest BCUT2D eigenvalue weighted by molar-refractivity contribution is -0.136. The molecule has 3 aromatic rings. The fourth-order valence-electron chi connectivity index (χ4n) is 3.04. The number of aryl methyl sites for hydroxylation is 2. The van der Waals surface area contributed by atoms with E-state index in [0.717, 1.165) is 38.8 Å². The standard InChI is InChI=1S/C20H23N3O2/c1-12(2)22-19-8-13(3)14(5-7-20(24)25)10-17(19)15-4-6-18-16(9-15)11-21-23-18/h4,6,8-12,22H,5,7H2,1-3H3,(H,21,23)(H,24,25). The van der Waals surface area contributed by atoms with E-state index in [1.54, 1.807) is 0 Å². The molecule has 0 spiro atoms. The molecule has 0 bridgehead atoms. The molecular weight excluding hydrogens is 314 g/mol. The molecule has 0 amide bonds. The minimum atomic E-state index is -0.773. The zero-order valence-corrected chi connectivity index (χ0v) is 14.8. The Morgan fingerprint density at radius 2 is 2.08 bits per heavy atom. The molecule has 0 atom stereocenters. The van der Waals surface area contributed by atoms with Crippen LogP contribution in [0.2, 0.25) is 0 Å². The fraction of sp³-hybridized carbons (Fsp3) is 0.300. The summed E-state index contributed by atoms with van der Waals surface area (Å²) in [5.74, 6) is -0.773. The Bertz CT molecular complexity index is 912. The summed E-state index contributed by atoms with van der Waals surface area (Å²) in [5.41, 5.74) is 6.42. The van der Waals surface area contributed by atoms with Crippen LogP contribution in [0.1, 0.15) is 31.4 Å². The van der Waals surface area contributed by atoms with Gasteiger partial charge in [-0.1, -0.05) is 6.07 Å². The summed E-state index contributed by atoms with van der Waals surface area (Å²) in [6.07, 6.45) is 2.48. The van der Waals surface area contributed by atoms with Gasteiger partial charge in [0.25, 0.3) is 0 Å². The predicted octanol–water partition coefficient (Wildman–Crippen LogP) is 4.38. The molecular formula is C20H23N3O2. The largest absolute Gasteiger partial charge is 0.481 e. The van der Waals surface area contributed by atoms with E-state index in [9.17, 15) is 4.79 Å². The fourth-order valence-corrected chi connectivity index (χ4v) is 3.04. The third-order valence-corrected chi connectivity index (χ3v) is 4.28. The van der Waals surface area contributed by atoms with Crippen molar-refractivity contribution in [1.29, 1.82) is 0 Å². The Morgan fingerprint density at radius 3 is 2.80 bits per heavy atom. The lowest BCUT2D eigenvalue weighted by atomic mass is 9.94. The molecule has 0 radical (unpaired) electrons. The number of nitrogens with one attached hydrogen (secondary N) is 2. The van der Waals surface area contributed by atoms with E-state index in [-0.39, 0.29) is 6.42 Å². The Labute approximate surface area is 147 Å². The van der Waals surface area contributed by atoms with Crippen LogP contribution in [0.5, 0.6) is 0 Å². The summed E-state index contributed by atoms with van der Waals surface area (Å²) in [6, 6.07) is 10.7. The molecule has 0 unspecified atom stereocenters. The number of benzene rings is 2. The van der Waals surface area contributed by atoms with Crippen LogP contribution in [0.3, 0.4) is 0 Å². The van der Waals surface area contributed by atoms with Gasteiger partial charge in [0, 0.05) is 29.1 Å². The lowest BCUT2D eigenvalue weighted by Crippen LogP contribution is -2.11. The molecule has 1 aromatic heterocycles. The summed E-state index contributed by atoms with van der Waals surface area (Å²) in [6.45, 7) is 6.25. The van der Waals surface area contributed by atoms with Crippen molar-refractivity contribution in [3.63, 3.8) is 0 Å². The molecule has 5 nitrogen and oxygen atoms in total. The highest BCUT2D eigenvalue weighted by Gasteiger charge is 2.12. The summed E-state index contributed by atoms with van der Waals surface area (Å²) in [4.78, 5) is 10.9. The van der Waals surface area contributed by atoms with Gasteiger partial charge in [-0.3, -0.25) is 9.89 Å². The van der Waals surface area contributed by atoms with Gasteiger partial charge in [-0.25, -0.2) is 0 Å². The van der Waals surface area contributed by atoms with Gasteiger partial charge in [-0.2, -0.15) is 5.10 Å². The number of aromatic nitrogens is 2. The highest BCUT2D eigenvalue weighted by Crippen LogP contribution is 2.33. The van der Waals surface area contributed by atoms with Crippen molar-refractivity contribution in [2.75, 3.05) is 5.32 Å². The molecule has 3 rings (SSSR count). The average Bonchev–Trinajstić information content (AvgIpc) is 3.01. The van der Waals surface area contributed by atoms with Crippen LogP contribution in [0.15, 0.2) is 36.5 Å². The van der Waals surface area contributed by atoms with Gasteiger partial charge in [0.15, 0.2) is 0 Å². The number of carboxylic acids is 1. The smallest absolute Gasteiger partial charge is 0.303 e. The monoisotopic (exact) mass is 337 g/mol. The van der Waals surface area contributed by atoms with Gasteiger partial charge in [-0.05, 0) is 68.1 Å². The second-order valence-corrected chi connectivity index (χ2v) is 6.69. The van der Waals surface area contributed by atoms with Crippen LogP contribution in [-0.2, 0) is 11.2 Å². The number of hydrogen-bond donors (Lipinski definition) is 3. The normalized spacial score (nSPS) is 11.2. The van der Waals surface area contributed by atoms with Gasteiger partial charge >= 0.3 is 5.97 Å². The zero-order valence-electron chi connectivity index (χ0n) is 14.8. The van der Waals surface area contributed by atoms with Crippen molar-refractivity contribution in [3.05, 3.63) is 47.7 Å². The average molecular weight is 337 g/mol. The van der Waals surface area contributed by atoms with Crippen molar-refractivity contribution < 1.29 is 9.90 Å². The first-order valence-electron chi connectivity index (χ1n) is 8.49. The van der Waals surface area contributed by atoms with Crippen molar-refractivity contribution in [1.82, 2.24) is 10.2 Å². The van der Waals surface area contributed by atoms with Crippen molar-refractivity contribution in [2.45, 2.75) is 39.7 Å². The number of fused-ring (bicyclic) bond motifs is 1. The quantitative estimate of drug-likeness (QED) is 0.624. The van der Waals surface area contributed by atoms with Crippen molar-refractivity contribution in [2.24, 2.45) is 0 Å². The number of hydrogen-bond acceptors (Lipinski definition) is 3. The molecule has 5 heteroatoms. The molecule has 130 valence electrons. The molecule has 0 aliphatic heterocycles. The molecule has 0 aliphatic carbocycles. The van der Waals surface area contributed by atoms with E-state index in [0.29, 0.717) is 12.5 Å². The van der Waals surface area contributed by atoms with Gasteiger partial charge in [0.2, 0.25) is 0 Å². The number of aromatic amines is 1. The third kappa shape index (κ3) is 3.82. The first kappa shape index (κ1) is 17.0. The Balaban J connectivity index is 2.09. The summed E-state index contributed by atoms with van der Waals surface area (Å²) in [5, 5.41) is 20.6. The first-order chi connectivity index (χ1) is 11.9. The SMILES string of the molecule is Cc1cc(NC(C)C)c(-c2ccc3[nH]ncc3c2)cc1CCC(=O)O. The van der Waals surface area contributed by atoms with Gasteiger partial charge < -0.3 is 10.4 Å². The Kier molecular flexibility index (Phi) is 4.74. The highest BCUT2D eigenvalue weighted by molar-refractivity contribution is 5.88. The molecule has 25 heavy (non-hydrogen) atoms. The van der Waals surface area contributed by atoms with E-state index in [1.165, 1.54) is 0 Å². The van der Waals surface area contributed by atoms with Crippen molar-refractivity contribution in [3.8, 4) is 11.1 Å². The highest BCUT2D eigenvalue weighted by atomic mass is 16.4. The van der Waals surface area contributed by atoms with E-state index < -0.39 is 5.97 Å². The second-order valence-electron chi connectivity index (χ2n) is 6.69. The summed E-state index contributed by atoms with van der Waals surface area (Å²) >= 11 is 0. The van der Waals surface area contributed by atoms with Crippen LogP contribution in [-0.4, -0.2) is 27.3 Å². The van der Waals surface area contributed by atoms with E-state index in [1.807, 2.05) is 19.2 Å². The molecule has 2 aromatic carbocycles. The molecule has 0 aliphatic rings. The minimum Gasteiger partial charge on any atom is -0.481 e. The maximum atomic E-state index is 10.9. The third-order valence-electron chi connectivity index (χ3n) is 4.28. The van der Waals surface area contributed by atoms with Gasteiger partial charge in [-0.15, -0.1) is 0 Å². The van der Waals surface area contributed by atoms with Crippen LogP contribution in [0.25, 0.3) is 22.0 Å². The zero-order chi connectivity index (χ0) is 18.0. The number of carboxylic acid groups (broad SMARTS) is 1. The Hall–Kier alpha value is -2.82. The van der Waals surface area contributed by atoms with Gasteiger partial charge in [0.05, 0.1) is 11.7 Å². The summed E-state index contributed by atoms with van der Waals surface area (Å²) in [7, 11) is 0. The minimum absolute atomic E-state index is 0.137. The summed E-state index contributed by atoms with van der Waals surface area (Å²) < 4.78 is 0. The maximum Gasteiger partial charge on any atom is 0.303 e. The second kappa shape index (κ2) is 6.97. The van der Waals surface area contributed by atoms with Gasteiger partial charge in [0.1, 0.15) is 0 Å². The van der Waals surface area contributed by atoms with E-state index in [2.05, 4.69) is 53.6 Å². The molecule has 3 N–H and O–H groups in total. The predicted molar refractivity (Wildman–Crippen MR) is 101 cm³/mol. The number of nitrogens with zero attached hydrogens (tertiary/aromatic N) is 1. The molecule has 0 saturated heterocycles. The van der Waals surface area contributed by atoms with Crippen LogP contribution in [0, 0.1) is 6.92 Å². The first-order valence-corrected chi connectivity index (χ1v) is 8.49. The number of anilines is 1. The molecule has 1 heterocycles. The van der Waals surface area contributed by atoms with Crippen LogP contribution < -0.4 is 5.32 Å². The number of carbonyl (C=O) groups is 1. The van der Waals surface area contributed by atoms with Crippen LogP contribution in [0.4, 0.5) is 5.69 Å². The number of aliphatic carboxylic acids is 1. The molecule has 0 fully saturated rings. The number of rotatable bonds is 6. The topological polar surface area (TPSA) is 78.0 Å². The number of H-pyrrole nitrogens is 1. The lowest BCUT2D eigenvalue weighted by Gasteiger charge is -2.18. The maximum absolute atomic E-state index is 10.9. The van der Waals surface area contributed by atoms with E-state index in [4.69, 9.17) is 5.11 Å². The van der Waals surface area contributed by atoms with Crippen molar-refractivity contribution >= 4 is 22.6 Å².